The number of aryl methyl sites for hydroxylation is 1. The molecule has 0 aliphatic carbocycles. The minimum Gasteiger partial charge on any atom is -0.389 e. The van der Waals surface area contributed by atoms with Gasteiger partial charge in [-0.15, -0.1) is 11.3 Å². The van der Waals surface area contributed by atoms with Crippen molar-refractivity contribution in [3.8, 4) is 0 Å². The molecule has 0 amide bonds. The van der Waals surface area contributed by atoms with Crippen molar-refractivity contribution in [2.24, 2.45) is 5.73 Å². The van der Waals surface area contributed by atoms with Crippen LogP contribution >= 0.6 is 23.6 Å². The van der Waals surface area contributed by atoms with Crippen LogP contribution in [-0.4, -0.2) is 21.9 Å². The zero-order chi connectivity index (χ0) is 14.7. The molecule has 0 bridgehead atoms. The van der Waals surface area contributed by atoms with Crippen molar-refractivity contribution in [3.05, 3.63) is 51.2 Å². The number of hydrogen-bond donors (Lipinski definition) is 1. The van der Waals surface area contributed by atoms with Gasteiger partial charge in [-0.25, -0.2) is 9.37 Å². The number of thiocarbonyl (C=S) groups is 1. The fourth-order valence-electron chi connectivity index (χ4n) is 1.93. The lowest BCUT2D eigenvalue weighted by Gasteiger charge is -2.16. The highest BCUT2D eigenvalue weighted by Gasteiger charge is 2.09. The zero-order valence-corrected chi connectivity index (χ0v) is 13.0. The summed E-state index contributed by atoms with van der Waals surface area (Å²) in [6.45, 7) is 3.18. The van der Waals surface area contributed by atoms with E-state index in [9.17, 15) is 4.39 Å². The summed E-state index contributed by atoms with van der Waals surface area (Å²) in [4.78, 5) is 6.63. The third-order valence-corrected chi connectivity index (χ3v) is 3.93. The summed E-state index contributed by atoms with van der Waals surface area (Å²) in [6, 6.07) is 4.87. The molecule has 0 radical (unpaired) electrons. The van der Waals surface area contributed by atoms with Crippen LogP contribution in [0.4, 0.5) is 4.39 Å². The molecule has 1 aromatic heterocycles. The molecule has 2 rings (SSSR count). The largest absolute Gasteiger partial charge is 0.389 e. The van der Waals surface area contributed by atoms with E-state index in [1.165, 1.54) is 6.07 Å². The Hall–Kier alpha value is -1.37. The molecule has 20 heavy (non-hydrogen) atoms. The first-order valence-electron chi connectivity index (χ1n) is 6.13. The van der Waals surface area contributed by atoms with E-state index < -0.39 is 0 Å². The van der Waals surface area contributed by atoms with Crippen molar-refractivity contribution in [1.82, 2.24) is 9.88 Å². The quantitative estimate of drug-likeness (QED) is 0.863. The summed E-state index contributed by atoms with van der Waals surface area (Å²) in [5.74, 6) is -0.281. The van der Waals surface area contributed by atoms with Crippen LogP contribution in [0.1, 0.15) is 21.8 Å². The molecule has 0 spiro atoms. The molecule has 2 N–H and O–H groups in total. The van der Waals surface area contributed by atoms with E-state index >= 15 is 0 Å². The number of nitrogens with zero attached hydrogens (tertiary/aromatic N) is 2. The van der Waals surface area contributed by atoms with E-state index in [4.69, 9.17) is 18.0 Å². The topological polar surface area (TPSA) is 42.2 Å². The van der Waals surface area contributed by atoms with Crippen molar-refractivity contribution < 1.29 is 4.39 Å². The molecule has 106 valence electrons. The molecule has 0 aliphatic rings. The van der Waals surface area contributed by atoms with Gasteiger partial charge in [0.05, 0.1) is 10.7 Å². The maximum absolute atomic E-state index is 14.0. The first kappa shape index (κ1) is 15.0. The van der Waals surface area contributed by atoms with E-state index in [1.54, 1.807) is 23.5 Å². The molecule has 0 saturated heterocycles. The number of benzene rings is 1. The minimum absolute atomic E-state index is 0.210. The summed E-state index contributed by atoms with van der Waals surface area (Å²) in [6.07, 6.45) is 0. The van der Waals surface area contributed by atoms with Gasteiger partial charge >= 0.3 is 0 Å². The summed E-state index contributed by atoms with van der Waals surface area (Å²) >= 11 is 6.46. The van der Waals surface area contributed by atoms with Gasteiger partial charge in [0.2, 0.25) is 0 Å². The molecule has 3 nitrogen and oxygen atoms in total. The summed E-state index contributed by atoms with van der Waals surface area (Å²) < 4.78 is 14.0. The molecule has 0 aliphatic heterocycles. The Morgan fingerprint density at radius 2 is 2.20 bits per heavy atom. The second kappa shape index (κ2) is 6.39. The summed E-state index contributed by atoms with van der Waals surface area (Å²) in [5, 5.41) is 3.07. The van der Waals surface area contributed by atoms with Crippen LogP contribution in [-0.2, 0) is 13.1 Å². The average Bonchev–Trinajstić information content (AvgIpc) is 2.77. The number of aromatic nitrogens is 1. The van der Waals surface area contributed by atoms with E-state index in [2.05, 4.69) is 4.98 Å². The van der Waals surface area contributed by atoms with Gasteiger partial charge in [0.1, 0.15) is 10.8 Å². The Bertz CT molecular complexity index is 625. The second-order valence-electron chi connectivity index (χ2n) is 4.70. The predicted octanol–water partition coefficient (Wildman–Crippen LogP) is 2.86. The normalized spacial score (nSPS) is 11.0. The van der Waals surface area contributed by atoms with Gasteiger partial charge in [-0.2, -0.15) is 0 Å². The number of halogens is 1. The lowest BCUT2D eigenvalue weighted by Crippen LogP contribution is -2.18. The van der Waals surface area contributed by atoms with Crippen molar-refractivity contribution in [2.45, 2.75) is 20.0 Å². The molecule has 0 saturated carbocycles. The molecule has 1 heterocycles. The Morgan fingerprint density at radius 3 is 2.75 bits per heavy atom. The van der Waals surface area contributed by atoms with E-state index in [0.29, 0.717) is 24.2 Å². The molecule has 0 unspecified atom stereocenters. The predicted molar refractivity (Wildman–Crippen MR) is 84.3 cm³/mol. The number of hydrogen-bond acceptors (Lipinski definition) is 4. The fraction of sp³-hybridized carbons (Fsp3) is 0.286. The van der Waals surface area contributed by atoms with Gasteiger partial charge in [0, 0.05) is 29.6 Å². The van der Waals surface area contributed by atoms with Crippen molar-refractivity contribution >= 4 is 28.5 Å². The highest BCUT2D eigenvalue weighted by Crippen LogP contribution is 2.15. The van der Waals surface area contributed by atoms with Gasteiger partial charge in [-0.05, 0) is 20.0 Å². The van der Waals surface area contributed by atoms with Crippen LogP contribution in [0.15, 0.2) is 23.6 Å². The van der Waals surface area contributed by atoms with Gasteiger partial charge in [-0.1, -0.05) is 24.4 Å². The molecular weight excluding hydrogens is 293 g/mol. The molecule has 1 aromatic carbocycles. The highest BCUT2D eigenvalue weighted by atomic mass is 32.1. The highest BCUT2D eigenvalue weighted by molar-refractivity contribution is 7.80. The van der Waals surface area contributed by atoms with Crippen LogP contribution < -0.4 is 5.73 Å². The lowest BCUT2D eigenvalue weighted by molar-refractivity contribution is 0.310. The SMILES string of the molecule is Cc1nc(CN(C)Cc2ccc(C(N)=S)cc2F)cs1. The van der Waals surface area contributed by atoms with Gasteiger partial charge in [-0.3, -0.25) is 4.90 Å². The van der Waals surface area contributed by atoms with Crippen LogP contribution in [0, 0.1) is 12.7 Å². The standard InChI is InChI=1S/C14H16FN3S2/c1-9-17-12(8-20-9)7-18(2)6-11-4-3-10(14(16)19)5-13(11)15/h3-5,8H,6-7H2,1-2H3,(H2,16,19). The van der Waals surface area contributed by atoms with E-state index in [1.807, 2.05) is 24.3 Å². The number of rotatable bonds is 5. The fourth-order valence-corrected chi connectivity index (χ4v) is 2.66. The monoisotopic (exact) mass is 309 g/mol. The summed E-state index contributed by atoms with van der Waals surface area (Å²) in [5.41, 5.74) is 7.67. The number of nitrogens with two attached hydrogens (primary N) is 1. The molecule has 2 aromatic rings. The Labute approximate surface area is 127 Å². The first-order chi connectivity index (χ1) is 9.45. The lowest BCUT2D eigenvalue weighted by atomic mass is 10.1. The van der Waals surface area contributed by atoms with Crippen LogP contribution in [0.2, 0.25) is 0 Å². The second-order valence-corrected chi connectivity index (χ2v) is 6.20. The van der Waals surface area contributed by atoms with Crippen molar-refractivity contribution in [3.63, 3.8) is 0 Å². The van der Waals surface area contributed by atoms with Crippen LogP contribution in [0.3, 0.4) is 0 Å². The van der Waals surface area contributed by atoms with Gasteiger partial charge in [0.15, 0.2) is 0 Å². The Balaban J connectivity index is 2.04. The third kappa shape index (κ3) is 3.82. The number of thiazole rings is 1. The molecule has 6 heteroatoms. The Kier molecular flexibility index (Phi) is 4.80. The van der Waals surface area contributed by atoms with Crippen molar-refractivity contribution in [2.75, 3.05) is 7.05 Å². The Morgan fingerprint density at radius 1 is 1.45 bits per heavy atom. The van der Waals surface area contributed by atoms with Gasteiger partial charge < -0.3 is 5.73 Å². The molecule has 0 fully saturated rings. The molecular formula is C14H16FN3S2. The maximum Gasteiger partial charge on any atom is 0.128 e. The van der Waals surface area contributed by atoms with E-state index in [-0.39, 0.29) is 10.8 Å². The smallest absolute Gasteiger partial charge is 0.128 e. The molecule has 0 atom stereocenters. The minimum atomic E-state index is -0.281. The van der Waals surface area contributed by atoms with Crippen molar-refractivity contribution in [1.29, 1.82) is 0 Å². The maximum atomic E-state index is 14.0. The summed E-state index contributed by atoms with van der Waals surface area (Å²) in [7, 11) is 1.94. The van der Waals surface area contributed by atoms with E-state index in [0.717, 1.165) is 10.7 Å². The zero-order valence-electron chi connectivity index (χ0n) is 11.4. The first-order valence-corrected chi connectivity index (χ1v) is 7.42. The third-order valence-electron chi connectivity index (χ3n) is 2.88. The van der Waals surface area contributed by atoms with Crippen LogP contribution in [0.5, 0.6) is 0 Å². The van der Waals surface area contributed by atoms with Gasteiger partial charge in [0.25, 0.3) is 0 Å². The average molecular weight is 309 g/mol. The van der Waals surface area contributed by atoms with Crippen LogP contribution in [0.25, 0.3) is 0 Å².